The van der Waals surface area contributed by atoms with Crippen molar-refractivity contribution in [2.75, 3.05) is 6.54 Å². The fraction of sp³-hybridized carbons (Fsp3) is 0.625. The lowest BCUT2D eigenvalue weighted by Crippen LogP contribution is -2.42. The highest BCUT2D eigenvalue weighted by Crippen LogP contribution is 2.37. The van der Waals surface area contributed by atoms with E-state index in [-0.39, 0.29) is 5.82 Å². The Balaban J connectivity index is 1.78. The molecular formula is C16H23FN2. The van der Waals surface area contributed by atoms with Gasteiger partial charge >= 0.3 is 0 Å². The molecule has 2 unspecified atom stereocenters. The summed E-state index contributed by atoms with van der Waals surface area (Å²) in [6.07, 6.45) is 6.73. The molecule has 1 aliphatic carbocycles. The first-order valence-electron chi connectivity index (χ1n) is 7.49. The Labute approximate surface area is 114 Å². The SMILES string of the molecule is NCc1ccc(F)cc1CN1CCCC2CCCC21. The van der Waals surface area contributed by atoms with Crippen molar-refractivity contribution in [1.82, 2.24) is 4.90 Å². The second-order valence-corrected chi connectivity index (χ2v) is 5.99. The van der Waals surface area contributed by atoms with E-state index < -0.39 is 0 Å². The van der Waals surface area contributed by atoms with E-state index in [0.717, 1.165) is 36.2 Å². The highest BCUT2D eigenvalue weighted by atomic mass is 19.1. The smallest absolute Gasteiger partial charge is 0.123 e. The molecule has 19 heavy (non-hydrogen) atoms. The third-order valence-electron chi connectivity index (χ3n) is 4.87. The molecule has 1 aromatic carbocycles. The number of hydrogen-bond acceptors (Lipinski definition) is 2. The Bertz CT molecular complexity index is 446. The normalized spacial score (nSPS) is 27.5. The minimum Gasteiger partial charge on any atom is -0.326 e. The Morgan fingerprint density at radius 2 is 2.00 bits per heavy atom. The van der Waals surface area contributed by atoms with Gasteiger partial charge in [-0.3, -0.25) is 4.90 Å². The van der Waals surface area contributed by atoms with Gasteiger partial charge in [-0.2, -0.15) is 0 Å². The van der Waals surface area contributed by atoms with E-state index in [1.54, 1.807) is 6.07 Å². The minimum atomic E-state index is -0.146. The van der Waals surface area contributed by atoms with Crippen molar-refractivity contribution in [3.63, 3.8) is 0 Å². The Kier molecular flexibility index (Phi) is 3.85. The molecule has 2 atom stereocenters. The van der Waals surface area contributed by atoms with Crippen molar-refractivity contribution in [2.24, 2.45) is 11.7 Å². The van der Waals surface area contributed by atoms with Gasteiger partial charge < -0.3 is 5.73 Å². The quantitative estimate of drug-likeness (QED) is 0.907. The first kappa shape index (κ1) is 13.1. The monoisotopic (exact) mass is 262 g/mol. The van der Waals surface area contributed by atoms with E-state index in [0.29, 0.717) is 6.54 Å². The molecular weight excluding hydrogens is 239 g/mol. The molecule has 0 amide bonds. The fourth-order valence-corrected chi connectivity index (χ4v) is 3.91. The summed E-state index contributed by atoms with van der Waals surface area (Å²) in [6, 6.07) is 5.74. The lowest BCUT2D eigenvalue weighted by molar-refractivity contribution is 0.105. The van der Waals surface area contributed by atoms with Crippen LogP contribution in [0.5, 0.6) is 0 Å². The number of rotatable bonds is 3. The van der Waals surface area contributed by atoms with Crippen molar-refractivity contribution in [2.45, 2.75) is 51.2 Å². The van der Waals surface area contributed by atoms with Gasteiger partial charge in [-0.1, -0.05) is 12.5 Å². The predicted octanol–water partition coefficient (Wildman–Crippen LogP) is 3.05. The molecule has 0 aromatic heterocycles. The lowest BCUT2D eigenvalue weighted by atomic mass is 9.91. The highest BCUT2D eigenvalue weighted by molar-refractivity contribution is 5.28. The van der Waals surface area contributed by atoms with Crippen LogP contribution in [-0.4, -0.2) is 17.5 Å². The van der Waals surface area contributed by atoms with Gasteiger partial charge in [-0.25, -0.2) is 4.39 Å². The third-order valence-corrected chi connectivity index (χ3v) is 4.87. The van der Waals surface area contributed by atoms with Crippen LogP contribution in [0.2, 0.25) is 0 Å². The van der Waals surface area contributed by atoms with Crippen LogP contribution in [-0.2, 0) is 13.1 Å². The van der Waals surface area contributed by atoms with Gasteiger partial charge in [0.2, 0.25) is 0 Å². The molecule has 1 saturated heterocycles. The summed E-state index contributed by atoms with van der Waals surface area (Å²) in [5.41, 5.74) is 7.94. The number of piperidine rings is 1. The molecule has 1 aliphatic heterocycles. The number of hydrogen-bond donors (Lipinski definition) is 1. The second kappa shape index (κ2) is 5.59. The fourth-order valence-electron chi connectivity index (χ4n) is 3.91. The van der Waals surface area contributed by atoms with Gasteiger partial charge in [0.15, 0.2) is 0 Å². The van der Waals surface area contributed by atoms with Crippen LogP contribution in [0.3, 0.4) is 0 Å². The zero-order chi connectivity index (χ0) is 13.2. The number of nitrogens with zero attached hydrogens (tertiary/aromatic N) is 1. The van der Waals surface area contributed by atoms with E-state index in [9.17, 15) is 4.39 Å². The largest absolute Gasteiger partial charge is 0.326 e. The van der Waals surface area contributed by atoms with Crippen LogP contribution in [0, 0.1) is 11.7 Å². The number of nitrogens with two attached hydrogens (primary N) is 1. The average Bonchev–Trinajstić information content (AvgIpc) is 2.88. The summed E-state index contributed by atoms with van der Waals surface area (Å²) in [6.45, 7) is 2.52. The van der Waals surface area contributed by atoms with Crippen LogP contribution in [0.25, 0.3) is 0 Å². The molecule has 2 N–H and O–H groups in total. The summed E-state index contributed by atoms with van der Waals surface area (Å²) in [5.74, 6) is 0.732. The van der Waals surface area contributed by atoms with Gasteiger partial charge in [0.25, 0.3) is 0 Å². The van der Waals surface area contributed by atoms with Crippen molar-refractivity contribution < 1.29 is 4.39 Å². The number of halogens is 1. The second-order valence-electron chi connectivity index (χ2n) is 5.99. The Hall–Kier alpha value is -0.930. The summed E-state index contributed by atoms with van der Waals surface area (Å²) < 4.78 is 13.4. The molecule has 2 aliphatic rings. The zero-order valence-electron chi connectivity index (χ0n) is 11.4. The maximum Gasteiger partial charge on any atom is 0.123 e. The van der Waals surface area contributed by atoms with Crippen molar-refractivity contribution in [3.05, 3.63) is 35.1 Å². The maximum absolute atomic E-state index is 13.4. The zero-order valence-corrected chi connectivity index (χ0v) is 11.4. The third kappa shape index (κ3) is 2.67. The standard InChI is InChI=1S/C16H23FN2/c17-15-7-6-13(10-18)14(9-15)11-19-8-2-4-12-3-1-5-16(12)19/h6-7,9,12,16H,1-5,8,10-11,18H2. The molecule has 1 heterocycles. The van der Waals surface area contributed by atoms with Gasteiger partial charge in [-0.05, 0) is 61.4 Å². The van der Waals surface area contributed by atoms with Crippen LogP contribution in [0.1, 0.15) is 43.2 Å². The van der Waals surface area contributed by atoms with Crippen LogP contribution >= 0.6 is 0 Å². The van der Waals surface area contributed by atoms with Gasteiger partial charge in [-0.15, -0.1) is 0 Å². The summed E-state index contributed by atoms with van der Waals surface area (Å²) in [7, 11) is 0. The summed E-state index contributed by atoms with van der Waals surface area (Å²) in [5, 5.41) is 0. The Morgan fingerprint density at radius 1 is 1.16 bits per heavy atom. The van der Waals surface area contributed by atoms with E-state index in [1.807, 2.05) is 6.07 Å². The molecule has 3 rings (SSSR count). The Morgan fingerprint density at radius 3 is 2.84 bits per heavy atom. The van der Waals surface area contributed by atoms with Gasteiger partial charge in [0, 0.05) is 19.1 Å². The molecule has 104 valence electrons. The topological polar surface area (TPSA) is 29.3 Å². The van der Waals surface area contributed by atoms with Gasteiger partial charge in [0.05, 0.1) is 0 Å². The summed E-state index contributed by atoms with van der Waals surface area (Å²) in [4.78, 5) is 2.56. The average molecular weight is 262 g/mol. The molecule has 0 spiro atoms. The van der Waals surface area contributed by atoms with Gasteiger partial charge in [0.1, 0.15) is 5.82 Å². The maximum atomic E-state index is 13.4. The number of fused-ring (bicyclic) bond motifs is 1. The van der Waals surface area contributed by atoms with E-state index >= 15 is 0 Å². The minimum absolute atomic E-state index is 0.146. The molecule has 0 radical (unpaired) electrons. The first-order chi connectivity index (χ1) is 9.28. The lowest BCUT2D eigenvalue weighted by Gasteiger charge is -2.38. The summed E-state index contributed by atoms with van der Waals surface area (Å²) >= 11 is 0. The van der Waals surface area contributed by atoms with E-state index in [2.05, 4.69) is 4.90 Å². The molecule has 2 nitrogen and oxygen atoms in total. The molecule has 1 saturated carbocycles. The predicted molar refractivity (Wildman–Crippen MR) is 75.1 cm³/mol. The first-order valence-corrected chi connectivity index (χ1v) is 7.49. The number of likely N-dealkylation sites (tertiary alicyclic amines) is 1. The molecule has 1 aromatic rings. The van der Waals surface area contributed by atoms with Crippen LogP contribution in [0.15, 0.2) is 18.2 Å². The molecule has 3 heteroatoms. The van der Waals surface area contributed by atoms with Crippen molar-refractivity contribution in [3.8, 4) is 0 Å². The molecule has 0 bridgehead atoms. The van der Waals surface area contributed by atoms with Crippen LogP contribution < -0.4 is 5.73 Å². The van der Waals surface area contributed by atoms with Crippen molar-refractivity contribution >= 4 is 0 Å². The highest BCUT2D eigenvalue weighted by Gasteiger charge is 2.34. The molecule has 2 fully saturated rings. The number of benzene rings is 1. The van der Waals surface area contributed by atoms with Crippen molar-refractivity contribution in [1.29, 1.82) is 0 Å². The van der Waals surface area contributed by atoms with E-state index in [1.165, 1.54) is 38.2 Å². The van der Waals surface area contributed by atoms with Crippen LogP contribution in [0.4, 0.5) is 4.39 Å². The van der Waals surface area contributed by atoms with E-state index in [4.69, 9.17) is 5.73 Å².